The summed E-state index contributed by atoms with van der Waals surface area (Å²) in [5.74, 6) is -1.33. The van der Waals surface area contributed by atoms with Gasteiger partial charge in [0.2, 0.25) is 0 Å². The lowest BCUT2D eigenvalue weighted by Gasteiger charge is -2.29. The maximum Gasteiger partial charge on any atom is 0.335 e. The Bertz CT molecular complexity index is 974. The second-order valence-corrected chi connectivity index (χ2v) is 6.98. The predicted molar refractivity (Wildman–Crippen MR) is 110 cm³/mol. The normalized spacial score (nSPS) is 18.9. The van der Waals surface area contributed by atoms with Crippen molar-refractivity contribution in [3.8, 4) is 0 Å². The van der Waals surface area contributed by atoms with E-state index in [1.54, 1.807) is 24.3 Å². The summed E-state index contributed by atoms with van der Waals surface area (Å²) >= 11 is 0. The van der Waals surface area contributed by atoms with Crippen LogP contribution in [0.4, 0.5) is 16.2 Å². The van der Waals surface area contributed by atoms with Crippen LogP contribution < -0.4 is 15.1 Å². The molecule has 2 aliphatic heterocycles. The van der Waals surface area contributed by atoms with Crippen molar-refractivity contribution < 1.29 is 19.1 Å². The van der Waals surface area contributed by atoms with Gasteiger partial charge in [0.25, 0.3) is 11.8 Å². The molecule has 7 nitrogen and oxygen atoms in total. The van der Waals surface area contributed by atoms with E-state index in [0.717, 1.165) is 29.2 Å². The van der Waals surface area contributed by atoms with Gasteiger partial charge in [-0.25, -0.2) is 9.69 Å². The molecule has 0 saturated carbocycles. The third kappa shape index (κ3) is 3.90. The van der Waals surface area contributed by atoms with Gasteiger partial charge in [-0.15, -0.1) is 0 Å². The maximum absolute atomic E-state index is 12.9. The van der Waals surface area contributed by atoms with Crippen LogP contribution in [-0.4, -0.2) is 44.1 Å². The fourth-order valence-electron chi connectivity index (χ4n) is 3.36. The highest BCUT2D eigenvalue weighted by molar-refractivity contribution is 6.39. The number of carbonyl (C=O) groups is 3. The van der Waals surface area contributed by atoms with Gasteiger partial charge in [0.1, 0.15) is 5.57 Å². The van der Waals surface area contributed by atoms with Gasteiger partial charge in [-0.2, -0.15) is 0 Å². The molecule has 2 aromatic carbocycles. The monoisotopic (exact) mass is 391 g/mol. The van der Waals surface area contributed by atoms with Gasteiger partial charge >= 0.3 is 6.03 Å². The zero-order valence-electron chi connectivity index (χ0n) is 16.1. The van der Waals surface area contributed by atoms with Crippen molar-refractivity contribution in [3.05, 3.63) is 65.2 Å². The average molecular weight is 391 g/mol. The van der Waals surface area contributed by atoms with E-state index in [2.05, 4.69) is 10.2 Å². The molecule has 2 heterocycles. The molecule has 2 fully saturated rings. The molecule has 0 aromatic heterocycles. The molecule has 29 heavy (non-hydrogen) atoms. The highest BCUT2D eigenvalue weighted by Crippen LogP contribution is 2.23. The summed E-state index contributed by atoms with van der Waals surface area (Å²) in [5, 5.41) is 2.24. The Morgan fingerprint density at radius 1 is 0.897 bits per heavy atom. The van der Waals surface area contributed by atoms with Gasteiger partial charge in [0, 0.05) is 18.8 Å². The Labute approximate surface area is 168 Å². The molecule has 148 valence electrons. The number of carbonyl (C=O) groups excluding carboxylic acids is 3. The number of hydrogen-bond acceptors (Lipinski definition) is 5. The predicted octanol–water partition coefficient (Wildman–Crippen LogP) is 2.50. The molecule has 1 N–H and O–H groups in total. The molecule has 4 amide bonds. The molecular weight excluding hydrogens is 370 g/mol. The number of anilines is 2. The van der Waals surface area contributed by atoms with Crippen molar-refractivity contribution in [2.75, 3.05) is 36.1 Å². The molecule has 0 spiro atoms. The average Bonchev–Trinajstić information content (AvgIpc) is 2.73. The Morgan fingerprint density at radius 3 is 2.17 bits per heavy atom. The quantitative estimate of drug-likeness (QED) is 0.642. The number of rotatable bonds is 3. The summed E-state index contributed by atoms with van der Waals surface area (Å²) in [4.78, 5) is 40.6. The maximum atomic E-state index is 12.9. The number of barbiturate groups is 1. The number of benzene rings is 2. The zero-order valence-corrected chi connectivity index (χ0v) is 16.1. The van der Waals surface area contributed by atoms with Gasteiger partial charge < -0.3 is 9.64 Å². The Balaban J connectivity index is 1.59. The smallest absolute Gasteiger partial charge is 0.335 e. The molecule has 2 aromatic rings. The Kier molecular flexibility index (Phi) is 5.14. The standard InChI is InChI=1S/C22H21N3O4/c1-15-2-6-18(7-3-15)25-21(27)19(20(26)23-22(25)28)14-16-4-8-17(9-5-16)24-10-12-29-13-11-24/h2-9,14H,10-13H2,1H3,(H,23,26,28). The largest absolute Gasteiger partial charge is 0.378 e. The number of amides is 4. The lowest BCUT2D eigenvalue weighted by Crippen LogP contribution is -2.54. The molecule has 0 unspecified atom stereocenters. The molecule has 7 heteroatoms. The van der Waals surface area contributed by atoms with Gasteiger partial charge in [-0.05, 0) is 42.8 Å². The van der Waals surface area contributed by atoms with Crippen LogP contribution in [0.2, 0.25) is 0 Å². The van der Waals surface area contributed by atoms with Crippen molar-refractivity contribution in [3.63, 3.8) is 0 Å². The highest BCUT2D eigenvalue weighted by Gasteiger charge is 2.36. The van der Waals surface area contributed by atoms with Crippen molar-refractivity contribution in [1.29, 1.82) is 0 Å². The number of nitrogens with one attached hydrogen (secondary N) is 1. The summed E-state index contributed by atoms with van der Waals surface area (Å²) < 4.78 is 5.37. The fraction of sp³-hybridized carbons (Fsp3) is 0.227. The number of urea groups is 1. The van der Waals surface area contributed by atoms with Crippen LogP contribution in [0.5, 0.6) is 0 Å². The minimum absolute atomic E-state index is 0.0794. The third-order valence-corrected chi connectivity index (χ3v) is 4.97. The summed E-state index contributed by atoms with van der Waals surface area (Å²) in [6, 6.07) is 13.8. The molecule has 4 rings (SSSR count). The van der Waals surface area contributed by atoms with Crippen molar-refractivity contribution in [1.82, 2.24) is 5.32 Å². The van der Waals surface area contributed by atoms with E-state index in [-0.39, 0.29) is 5.57 Å². The molecule has 0 aliphatic carbocycles. The number of ether oxygens (including phenoxy) is 1. The number of morpholine rings is 1. The van der Waals surface area contributed by atoms with Crippen LogP contribution in [0.1, 0.15) is 11.1 Å². The molecule has 2 saturated heterocycles. The fourth-order valence-corrected chi connectivity index (χ4v) is 3.36. The first-order valence-electron chi connectivity index (χ1n) is 9.44. The number of nitrogens with zero attached hydrogens (tertiary/aromatic N) is 2. The lowest BCUT2D eigenvalue weighted by atomic mass is 10.1. The number of hydrogen-bond donors (Lipinski definition) is 1. The first-order valence-corrected chi connectivity index (χ1v) is 9.44. The molecule has 0 bridgehead atoms. The van der Waals surface area contributed by atoms with Crippen LogP contribution in [0.3, 0.4) is 0 Å². The topological polar surface area (TPSA) is 79.0 Å². The van der Waals surface area contributed by atoms with Crippen LogP contribution >= 0.6 is 0 Å². The van der Waals surface area contributed by atoms with E-state index in [4.69, 9.17) is 4.74 Å². The lowest BCUT2D eigenvalue weighted by molar-refractivity contribution is -0.122. The van der Waals surface area contributed by atoms with Gasteiger partial charge in [0.15, 0.2) is 0 Å². The Hall–Kier alpha value is -3.45. The van der Waals surface area contributed by atoms with E-state index >= 15 is 0 Å². The van der Waals surface area contributed by atoms with Crippen LogP contribution in [0.25, 0.3) is 6.08 Å². The minimum Gasteiger partial charge on any atom is -0.378 e. The first kappa shape index (κ1) is 18.9. The summed E-state index contributed by atoms with van der Waals surface area (Å²) in [6.45, 7) is 4.97. The molecule has 0 atom stereocenters. The molecule has 2 aliphatic rings. The number of aryl methyl sites for hydroxylation is 1. The summed E-state index contributed by atoms with van der Waals surface area (Å²) in [6.07, 6.45) is 1.51. The summed E-state index contributed by atoms with van der Waals surface area (Å²) in [5.41, 5.74) is 3.11. The summed E-state index contributed by atoms with van der Waals surface area (Å²) in [7, 11) is 0. The van der Waals surface area contributed by atoms with E-state index in [1.165, 1.54) is 6.08 Å². The van der Waals surface area contributed by atoms with Crippen LogP contribution in [0.15, 0.2) is 54.1 Å². The van der Waals surface area contributed by atoms with Crippen molar-refractivity contribution in [2.24, 2.45) is 0 Å². The van der Waals surface area contributed by atoms with E-state index in [9.17, 15) is 14.4 Å². The number of imide groups is 2. The van der Waals surface area contributed by atoms with Crippen LogP contribution in [0, 0.1) is 6.92 Å². The van der Waals surface area contributed by atoms with Gasteiger partial charge in [0.05, 0.1) is 18.9 Å². The highest BCUT2D eigenvalue weighted by atomic mass is 16.5. The van der Waals surface area contributed by atoms with E-state index in [1.807, 2.05) is 31.2 Å². The zero-order chi connectivity index (χ0) is 20.4. The van der Waals surface area contributed by atoms with Gasteiger partial charge in [-0.3, -0.25) is 14.9 Å². The SMILES string of the molecule is Cc1ccc(N2C(=O)NC(=O)C(=Cc3ccc(N4CCOCC4)cc3)C2=O)cc1. The van der Waals surface area contributed by atoms with E-state index < -0.39 is 17.8 Å². The second kappa shape index (κ2) is 7.89. The molecule has 0 radical (unpaired) electrons. The van der Waals surface area contributed by atoms with Crippen molar-refractivity contribution in [2.45, 2.75) is 6.92 Å². The molecular formula is C22H21N3O4. The van der Waals surface area contributed by atoms with E-state index in [0.29, 0.717) is 24.5 Å². The van der Waals surface area contributed by atoms with Gasteiger partial charge in [-0.1, -0.05) is 29.8 Å². The Morgan fingerprint density at radius 2 is 1.52 bits per heavy atom. The minimum atomic E-state index is -0.747. The van der Waals surface area contributed by atoms with Crippen LogP contribution in [-0.2, 0) is 14.3 Å². The van der Waals surface area contributed by atoms with Crippen molar-refractivity contribution >= 4 is 35.3 Å². The third-order valence-electron chi connectivity index (χ3n) is 4.97. The first-order chi connectivity index (χ1) is 14.0. The second-order valence-electron chi connectivity index (χ2n) is 6.98.